The van der Waals surface area contributed by atoms with Crippen LogP contribution in [0.15, 0.2) is 54.7 Å². The van der Waals surface area contributed by atoms with Crippen LogP contribution in [0.5, 0.6) is 0 Å². The van der Waals surface area contributed by atoms with Gasteiger partial charge in [0.05, 0.1) is 18.6 Å². The van der Waals surface area contributed by atoms with Crippen LogP contribution in [0, 0.1) is 5.82 Å². The molecule has 5 nitrogen and oxygen atoms in total. The van der Waals surface area contributed by atoms with Crippen molar-refractivity contribution >= 4 is 51.2 Å². The zero-order chi connectivity index (χ0) is 22.4. The van der Waals surface area contributed by atoms with Gasteiger partial charge in [0, 0.05) is 25.0 Å². The van der Waals surface area contributed by atoms with Crippen molar-refractivity contribution in [1.82, 2.24) is 4.57 Å². The second-order valence-electron chi connectivity index (χ2n) is 8.19. The number of carbonyl (C=O) groups excluding carboxylic acids is 1. The Bertz CT molecular complexity index is 1020. The number of ether oxygens (including phenoxy) is 1. The number of fused-ring (bicyclic) bond motifs is 1. The van der Waals surface area contributed by atoms with Crippen LogP contribution in [-0.2, 0) is 22.2 Å². The maximum atomic E-state index is 13.2. The number of hydrogen-bond acceptors (Lipinski definition) is 3. The summed E-state index contributed by atoms with van der Waals surface area (Å²) >= 11 is 2.21. The lowest BCUT2D eigenvalue weighted by Crippen LogP contribution is -2.38. The number of anilines is 1. The number of nitrogens with zero attached hydrogens (tertiary/aromatic N) is 2. The van der Waals surface area contributed by atoms with Crippen molar-refractivity contribution in [3.8, 4) is 0 Å². The molecule has 0 radical (unpaired) electrons. The number of amides is 1. The smallest absolute Gasteiger partial charge is 0.414 e. The molecule has 1 aromatic heterocycles. The molecule has 1 unspecified atom stereocenters. The van der Waals surface area contributed by atoms with Crippen molar-refractivity contribution < 1.29 is 18.4 Å². The molecule has 0 aliphatic rings. The van der Waals surface area contributed by atoms with Gasteiger partial charge in [-0.05, 0) is 90.5 Å². The van der Waals surface area contributed by atoms with Crippen LogP contribution in [0.25, 0.3) is 10.9 Å². The summed E-state index contributed by atoms with van der Waals surface area (Å²) in [6, 6.07) is 14.4. The molecule has 31 heavy (non-hydrogen) atoms. The standard InChI is InChI=1S/C23H27FIN2O3P/c1-23(2,3)30-22(28)27(13-10-17-4-7-19(24)8-5-17)20-9-6-18-11-12-26(21(18)16-20)14-15-29-31-25/h4-9,11-12,16,31H,10,13-15H2,1-3H3. The van der Waals surface area contributed by atoms with E-state index < -0.39 is 11.7 Å². The van der Waals surface area contributed by atoms with Crippen LogP contribution in [-0.4, -0.2) is 29.4 Å². The number of halogens is 2. The lowest BCUT2D eigenvalue weighted by Gasteiger charge is -2.27. The van der Waals surface area contributed by atoms with Gasteiger partial charge in [-0.15, -0.1) is 0 Å². The van der Waals surface area contributed by atoms with E-state index in [-0.39, 0.29) is 5.82 Å². The minimum atomic E-state index is -0.604. The summed E-state index contributed by atoms with van der Waals surface area (Å²) in [6.07, 6.45) is 2.22. The molecule has 3 aromatic rings. The molecule has 8 heteroatoms. The van der Waals surface area contributed by atoms with Crippen molar-refractivity contribution in [3.63, 3.8) is 0 Å². The van der Waals surface area contributed by atoms with Gasteiger partial charge in [0.1, 0.15) is 11.4 Å². The van der Waals surface area contributed by atoms with E-state index in [0.29, 0.717) is 26.0 Å². The Morgan fingerprint density at radius 3 is 2.58 bits per heavy atom. The van der Waals surface area contributed by atoms with E-state index in [0.717, 1.165) is 28.7 Å². The number of rotatable bonds is 8. The first-order valence-corrected chi connectivity index (χ1v) is 14.1. The van der Waals surface area contributed by atoms with Gasteiger partial charge in [-0.1, -0.05) is 18.2 Å². The van der Waals surface area contributed by atoms with Crippen molar-refractivity contribution in [2.75, 3.05) is 18.1 Å². The number of hydrogen-bond donors (Lipinski definition) is 0. The van der Waals surface area contributed by atoms with Gasteiger partial charge in [0.25, 0.3) is 0 Å². The predicted octanol–water partition coefficient (Wildman–Crippen LogP) is 6.72. The minimum absolute atomic E-state index is 0.272. The van der Waals surface area contributed by atoms with Gasteiger partial charge in [-0.3, -0.25) is 4.90 Å². The van der Waals surface area contributed by atoms with Crippen LogP contribution < -0.4 is 4.90 Å². The van der Waals surface area contributed by atoms with Gasteiger partial charge in [-0.25, -0.2) is 9.18 Å². The first kappa shape index (κ1) is 24.0. The topological polar surface area (TPSA) is 43.7 Å². The van der Waals surface area contributed by atoms with Gasteiger partial charge in [0.15, 0.2) is 0 Å². The SMILES string of the molecule is CC(C)(C)OC(=O)N(CCc1ccc(F)cc1)c1ccc2ccn(CCOPI)c2c1. The van der Waals surface area contributed by atoms with Crippen molar-refractivity contribution in [3.05, 3.63) is 66.1 Å². The van der Waals surface area contributed by atoms with Gasteiger partial charge >= 0.3 is 6.09 Å². The summed E-state index contributed by atoms with van der Waals surface area (Å²) < 4.78 is 26.5. The maximum absolute atomic E-state index is 13.2. The highest BCUT2D eigenvalue weighted by atomic mass is 127. The van der Waals surface area contributed by atoms with Crippen molar-refractivity contribution in [2.45, 2.75) is 39.3 Å². The van der Waals surface area contributed by atoms with Crippen molar-refractivity contribution in [2.24, 2.45) is 0 Å². The fourth-order valence-corrected chi connectivity index (χ4v) is 4.08. The summed E-state index contributed by atoms with van der Waals surface area (Å²) in [7, 11) is 0. The zero-order valence-corrected chi connectivity index (χ0v) is 21.1. The average Bonchev–Trinajstić information content (AvgIpc) is 3.11. The van der Waals surface area contributed by atoms with E-state index in [2.05, 4.69) is 32.7 Å². The Hall–Kier alpha value is -1.70. The van der Waals surface area contributed by atoms with Crippen LogP contribution >= 0.6 is 28.5 Å². The van der Waals surface area contributed by atoms with Gasteiger partial charge in [0.2, 0.25) is 0 Å². The summed E-state index contributed by atoms with van der Waals surface area (Å²) in [4.78, 5) is 14.7. The second-order valence-corrected chi connectivity index (χ2v) is 9.95. The summed E-state index contributed by atoms with van der Waals surface area (Å²) in [5.74, 6) is -0.272. The van der Waals surface area contributed by atoms with Crippen LogP contribution in [0.1, 0.15) is 26.3 Å². The number of carbonyl (C=O) groups is 1. The number of benzene rings is 2. The molecule has 2 aromatic carbocycles. The molecule has 1 amide bonds. The fraction of sp³-hybridized carbons (Fsp3) is 0.348. The highest BCUT2D eigenvalue weighted by molar-refractivity contribution is 14.2. The average molecular weight is 556 g/mol. The quantitative estimate of drug-likeness (QED) is 0.176. The first-order chi connectivity index (χ1) is 14.8. The molecule has 0 saturated carbocycles. The monoisotopic (exact) mass is 556 g/mol. The lowest BCUT2D eigenvalue weighted by molar-refractivity contribution is 0.0581. The molecule has 0 fully saturated rings. The predicted molar refractivity (Wildman–Crippen MR) is 134 cm³/mol. The third-order valence-electron chi connectivity index (χ3n) is 4.71. The molecule has 0 spiro atoms. The Labute approximate surface area is 197 Å². The van der Waals surface area contributed by atoms with Gasteiger partial charge < -0.3 is 13.8 Å². The van der Waals surface area contributed by atoms with E-state index in [1.54, 1.807) is 17.0 Å². The zero-order valence-electron chi connectivity index (χ0n) is 17.9. The largest absolute Gasteiger partial charge is 0.443 e. The highest BCUT2D eigenvalue weighted by Gasteiger charge is 2.24. The Balaban J connectivity index is 1.87. The van der Waals surface area contributed by atoms with E-state index in [1.807, 2.05) is 45.2 Å². The molecular weight excluding hydrogens is 529 g/mol. The molecule has 1 heterocycles. The lowest BCUT2D eigenvalue weighted by atomic mass is 10.1. The number of aromatic nitrogens is 1. The molecule has 166 valence electrons. The summed E-state index contributed by atoms with van der Waals surface area (Å²) in [5, 5.41) is 1.10. The Kier molecular flexibility index (Phi) is 8.30. The molecule has 0 aliphatic heterocycles. The third-order valence-corrected chi connectivity index (χ3v) is 5.96. The fourth-order valence-electron chi connectivity index (χ4n) is 3.25. The minimum Gasteiger partial charge on any atom is -0.443 e. The van der Waals surface area contributed by atoms with E-state index in [1.165, 1.54) is 12.1 Å². The summed E-state index contributed by atoms with van der Waals surface area (Å²) in [5.41, 5.74) is 2.15. The Morgan fingerprint density at radius 2 is 1.90 bits per heavy atom. The van der Waals surface area contributed by atoms with Crippen LogP contribution in [0.2, 0.25) is 0 Å². The van der Waals surface area contributed by atoms with E-state index >= 15 is 0 Å². The second kappa shape index (κ2) is 10.7. The molecule has 0 bridgehead atoms. The van der Waals surface area contributed by atoms with E-state index in [4.69, 9.17) is 9.26 Å². The first-order valence-electron chi connectivity index (χ1n) is 10.1. The maximum Gasteiger partial charge on any atom is 0.414 e. The summed E-state index contributed by atoms with van der Waals surface area (Å²) in [6.45, 7) is 7.78. The van der Waals surface area contributed by atoms with Crippen LogP contribution in [0.4, 0.5) is 14.9 Å². The molecule has 0 saturated heterocycles. The van der Waals surface area contributed by atoms with Crippen LogP contribution in [0.3, 0.4) is 0 Å². The third kappa shape index (κ3) is 6.89. The van der Waals surface area contributed by atoms with Crippen molar-refractivity contribution in [1.29, 1.82) is 0 Å². The Morgan fingerprint density at radius 1 is 1.16 bits per heavy atom. The van der Waals surface area contributed by atoms with E-state index in [9.17, 15) is 9.18 Å². The molecule has 0 aliphatic carbocycles. The molecule has 3 rings (SSSR count). The molecule has 0 N–H and O–H groups in total. The molecule has 1 atom stereocenters. The normalized spacial score (nSPS) is 12.0. The molecular formula is C23H27FIN2O3P. The van der Waals surface area contributed by atoms with Gasteiger partial charge in [-0.2, -0.15) is 0 Å². The highest BCUT2D eigenvalue weighted by Crippen LogP contribution is 2.26.